The Morgan fingerprint density at radius 1 is 1.15 bits per heavy atom. The number of hydrogen-bond donors (Lipinski definition) is 1. The Kier molecular flexibility index (Phi) is 3.95. The summed E-state index contributed by atoms with van der Waals surface area (Å²) in [5.41, 5.74) is 3.11. The smallest absolute Gasteiger partial charge is 0.275 e. The van der Waals surface area contributed by atoms with Crippen LogP contribution >= 0.6 is 0 Å². The zero-order chi connectivity index (χ0) is 13.8. The van der Waals surface area contributed by atoms with Crippen LogP contribution in [0.15, 0.2) is 42.5 Å². The number of nitrogens with one attached hydrogen (secondary N) is 1. The van der Waals surface area contributed by atoms with E-state index in [1.54, 1.807) is 6.07 Å². The lowest BCUT2D eigenvalue weighted by Gasteiger charge is -2.22. The van der Waals surface area contributed by atoms with Crippen LogP contribution in [0.4, 0.5) is 0 Å². The summed E-state index contributed by atoms with van der Waals surface area (Å²) >= 11 is 0. The fourth-order valence-corrected chi connectivity index (χ4v) is 2.40. The quantitative estimate of drug-likeness (QED) is 0.873. The van der Waals surface area contributed by atoms with Crippen molar-refractivity contribution >= 4 is 16.7 Å². The van der Waals surface area contributed by atoms with Crippen molar-refractivity contribution in [3.05, 3.63) is 48.0 Å². The molecule has 2 aromatic rings. The van der Waals surface area contributed by atoms with Crippen LogP contribution in [-0.4, -0.2) is 18.8 Å². The van der Waals surface area contributed by atoms with Crippen molar-refractivity contribution in [1.82, 2.24) is 5.48 Å². The van der Waals surface area contributed by atoms with Crippen molar-refractivity contribution in [2.24, 2.45) is 0 Å². The van der Waals surface area contributed by atoms with Crippen molar-refractivity contribution in [1.29, 1.82) is 0 Å². The molecule has 1 saturated heterocycles. The molecule has 1 N–H and O–H groups in total. The summed E-state index contributed by atoms with van der Waals surface area (Å²) in [6, 6.07) is 13.4. The van der Waals surface area contributed by atoms with Crippen LogP contribution < -0.4 is 5.48 Å². The lowest BCUT2D eigenvalue weighted by molar-refractivity contribution is -0.186. The molecule has 1 unspecified atom stereocenters. The first-order valence-corrected chi connectivity index (χ1v) is 6.90. The highest BCUT2D eigenvalue weighted by atomic mass is 16.8. The van der Waals surface area contributed by atoms with E-state index in [1.807, 2.05) is 36.4 Å². The van der Waals surface area contributed by atoms with Gasteiger partial charge in [0.05, 0.1) is 0 Å². The molecule has 1 atom stereocenters. The SMILES string of the molecule is O=C(NOC1CCCCO1)c1cccc2ccccc12. The second-order valence-electron chi connectivity index (χ2n) is 4.87. The molecule has 0 aromatic heterocycles. The Balaban J connectivity index is 1.72. The number of rotatable bonds is 3. The molecular weight excluding hydrogens is 254 g/mol. The van der Waals surface area contributed by atoms with Gasteiger partial charge < -0.3 is 4.74 Å². The predicted octanol–water partition coefficient (Wildman–Crippen LogP) is 3.03. The van der Waals surface area contributed by atoms with Crippen LogP contribution in [0.3, 0.4) is 0 Å². The fraction of sp³-hybridized carbons (Fsp3) is 0.312. The van der Waals surface area contributed by atoms with E-state index in [9.17, 15) is 4.79 Å². The third kappa shape index (κ3) is 2.81. The van der Waals surface area contributed by atoms with E-state index in [0.29, 0.717) is 12.2 Å². The zero-order valence-corrected chi connectivity index (χ0v) is 11.2. The predicted molar refractivity (Wildman–Crippen MR) is 76.1 cm³/mol. The molecule has 2 aromatic carbocycles. The monoisotopic (exact) mass is 271 g/mol. The van der Waals surface area contributed by atoms with Gasteiger partial charge in [0.25, 0.3) is 5.91 Å². The number of amides is 1. The molecule has 1 aliphatic heterocycles. The summed E-state index contributed by atoms with van der Waals surface area (Å²) in [5, 5.41) is 1.95. The highest BCUT2D eigenvalue weighted by molar-refractivity contribution is 6.06. The fourth-order valence-electron chi connectivity index (χ4n) is 2.40. The van der Waals surface area contributed by atoms with Gasteiger partial charge in [-0.15, -0.1) is 0 Å². The summed E-state index contributed by atoms with van der Waals surface area (Å²) in [6.45, 7) is 0.689. The number of ether oxygens (including phenoxy) is 1. The van der Waals surface area contributed by atoms with Crippen LogP contribution in [0.2, 0.25) is 0 Å². The van der Waals surface area contributed by atoms with Gasteiger partial charge in [0.1, 0.15) is 0 Å². The maximum atomic E-state index is 12.2. The van der Waals surface area contributed by atoms with Crippen LogP contribution in [0.1, 0.15) is 29.6 Å². The number of fused-ring (bicyclic) bond motifs is 1. The second-order valence-corrected chi connectivity index (χ2v) is 4.87. The Morgan fingerprint density at radius 2 is 2.00 bits per heavy atom. The molecule has 1 aliphatic rings. The molecule has 0 radical (unpaired) electrons. The molecule has 3 rings (SSSR count). The van der Waals surface area contributed by atoms with E-state index in [4.69, 9.17) is 9.57 Å². The molecule has 4 nitrogen and oxygen atoms in total. The highest BCUT2D eigenvalue weighted by Gasteiger charge is 2.17. The Morgan fingerprint density at radius 3 is 2.85 bits per heavy atom. The molecule has 0 spiro atoms. The maximum Gasteiger partial charge on any atom is 0.275 e. The average molecular weight is 271 g/mol. The average Bonchev–Trinajstić information content (AvgIpc) is 2.53. The third-order valence-corrected chi connectivity index (χ3v) is 3.46. The first-order valence-electron chi connectivity index (χ1n) is 6.90. The van der Waals surface area contributed by atoms with E-state index in [0.717, 1.165) is 30.0 Å². The molecule has 0 saturated carbocycles. The van der Waals surface area contributed by atoms with Crippen molar-refractivity contribution in [2.75, 3.05) is 6.61 Å². The molecule has 1 fully saturated rings. The standard InChI is InChI=1S/C16H17NO3/c18-16(17-20-15-10-3-4-11-19-15)14-9-5-7-12-6-1-2-8-13(12)14/h1-2,5-9,15H,3-4,10-11H2,(H,17,18). The molecule has 4 heteroatoms. The summed E-state index contributed by atoms with van der Waals surface area (Å²) in [6.07, 6.45) is 2.60. The summed E-state index contributed by atoms with van der Waals surface area (Å²) in [7, 11) is 0. The largest absolute Gasteiger partial charge is 0.350 e. The molecule has 1 amide bonds. The number of benzene rings is 2. The minimum atomic E-state index is -0.331. The van der Waals surface area contributed by atoms with Crippen molar-refractivity contribution in [3.63, 3.8) is 0 Å². The molecule has 20 heavy (non-hydrogen) atoms. The van der Waals surface area contributed by atoms with Crippen LogP contribution in [0.5, 0.6) is 0 Å². The van der Waals surface area contributed by atoms with Gasteiger partial charge in [0, 0.05) is 18.6 Å². The second kappa shape index (κ2) is 6.03. The van der Waals surface area contributed by atoms with E-state index >= 15 is 0 Å². The molecule has 104 valence electrons. The van der Waals surface area contributed by atoms with E-state index in [1.165, 1.54) is 0 Å². The number of carbonyl (C=O) groups is 1. The van der Waals surface area contributed by atoms with Gasteiger partial charge in [-0.1, -0.05) is 36.4 Å². The van der Waals surface area contributed by atoms with E-state index < -0.39 is 0 Å². The molecule has 1 heterocycles. The minimum Gasteiger partial charge on any atom is -0.350 e. The van der Waals surface area contributed by atoms with Gasteiger partial charge in [0.2, 0.25) is 0 Å². The topological polar surface area (TPSA) is 47.6 Å². The van der Waals surface area contributed by atoms with Crippen LogP contribution in [-0.2, 0) is 9.57 Å². The van der Waals surface area contributed by atoms with Gasteiger partial charge in [0.15, 0.2) is 6.29 Å². The maximum absolute atomic E-state index is 12.2. The molecule has 0 aliphatic carbocycles. The highest BCUT2D eigenvalue weighted by Crippen LogP contribution is 2.19. The van der Waals surface area contributed by atoms with Gasteiger partial charge in [-0.25, -0.2) is 10.3 Å². The van der Waals surface area contributed by atoms with Gasteiger partial charge >= 0.3 is 0 Å². The minimum absolute atomic E-state index is 0.240. The summed E-state index contributed by atoms with van der Waals surface area (Å²) in [4.78, 5) is 17.5. The first-order chi connectivity index (χ1) is 9.84. The van der Waals surface area contributed by atoms with Crippen molar-refractivity contribution < 1.29 is 14.4 Å². The number of hydrogen-bond acceptors (Lipinski definition) is 3. The summed E-state index contributed by atoms with van der Waals surface area (Å²) < 4.78 is 5.41. The number of carbonyl (C=O) groups excluding carboxylic acids is 1. The Hall–Kier alpha value is -1.91. The van der Waals surface area contributed by atoms with Gasteiger partial charge in [-0.05, 0) is 29.7 Å². The summed E-state index contributed by atoms with van der Waals surface area (Å²) in [5.74, 6) is -0.240. The Bertz CT molecular complexity index is 600. The van der Waals surface area contributed by atoms with E-state index in [2.05, 4.69) is 5.48 Å². The lowest BCUT2D eigenvalue weighted by atomic mass is 10.0. The third-order valence-electron chi connectivity index (χ3n) is 3.46. The Labute approximate surface area is 117 Å². The zero-order valence-electron chi connectivity index (χ0n) is 11.2. The number of hydroxylamine groups is 1. The lowest BCUT2D eigenvalue weighted by Crippen LogP contribution is -2.33. The van der Waals surface area contributed by atoms with Crippen molar-refractivity contribution in [3.8, 4) is 0 Å². The van der Waals surface area contributed by atoms with Crippen molar-refractivity contribution in [2.45, 2.75) is 25.6 Å². The van der Waals surface area contributed by atoms with E-state index in [-0.39, 0.29) is 12.2 Å². The molecule has 0 bridgehead atoms. The van der Waals surface area contributed by atoms with Crippen LogP contribution in [0, 0.1) is 0 Å². The van der Waals surface area contributed by atoms with Gasteiger partial charge in [-0.3, -0.25) is 4.79 Å². The van der Waals surface area contributed by atoms with Gasteiger partial charge in [-0.2, -0.15) is 0 Å². The van der Waals surface area contributed by atoms with Crippen LogP contribution in [0.25, 0.3) is 10.8 Å². The normalized spacial score (nSPS) is 18.9. The molecular formula is C16H17NO3. The first kappa shape index (κ1) is 13.1.